The van der Waals surface area contributed by atoms with E-state index in [1.807, 2.05) is 13.0 Å². The molecule has 0 fully saturated rings. The molecule has 1 aromatic heterocycles. The van der Waals surface area contributed by atoms with Gasteiger partial charge in [0.1, 0.15) is 0 Å². The maximum absolute atomic E-state index is 12.4. The van der Waals surface area contributed by atoms with Crippen LogP contribution in [-0.2, 0) is 12.6 Å². The van der Waals surface area contributed by atoms with Crippen molar-refractivity contribution in [3.05, 3.63) is 51.7 Å². The first-order chi connectivity index (χ1) is 9.40. The van der Waals surface area contributed by atoms with Gasteiger partial charge >= 0.3 is 6.18 Å². The lowest BCUT2D eigenvalue weighted by Crippen LogP contribution is -2.10. The first kappa shape index (κ1) is 14.6. The van der Waals surface area contributed by atoms with Gasteiger partial charge in [0.25, 0.3) is 5.91 Å². The van der Waals surface area contributed by atoms with Crippen LogP contribution in [0.3, 0.4) is 0 Å². The molecular weight excluding hydrogens is 287 g/mol. The molecule has 0 bridgehead atoms. The van der Waals surface area contributed by atoms with Crippen LogP contribution in [-0.4, -0.2) is 5.91 Å². The van der Waals surface area contributed by atoms with Crippen molar-refractivity contribution in [3.63, 3.8) is 0 Å². The van der Waals surface area contributed by atoms with Gasteiger partial charge in [-0.2, -0.15) is 13.2 Å². The number of rotatable bonds is 3. The quantitative estimate of drug-likeness (QED) is 0.883. The standard InChI is InChI=1S/C14H12F3NOS/c1-2-11-7-8-12(20-11)13(19)18-10-5-3-9(4-6-10)14(15,16)17/h3-8H,2H2,1H3,(H,18,19). The highest BCUT2D eigenvalue weighted by molar-refractivity contribution is 7.14. The zero-order valence-corrected chi connectivity index (χ0v) is 11.4. The van der Waals surface area contributed by atoms with Crippen molar-refractivity contribution >= 4 is 22.9 Å². The molecule has 2 nitrogen and oxygen atoms in total. The predicted octanol–water partition coefficient (Wildman–Crippen LogP) is 4.58. The van der Waals surface area contributed by atoms with E-state index in [-0.39, 0.29) is 5.91 Å². The van der Waals surface area contributed by atoms with Crippen molar-refractivity contribution in [2.75, 3.05) is 5.32 Å². The molecule has 0 atom stereocenters. The van der Waals surface area contributed by atoms with Gasteiger partial charge in [-0.25, -0.2) is 0 Å². The zero-order chi connectivity index (χ0) is 14.8. The van der Waals surface area contributed by atoms with E-state index in [1.165, 1.54) is 23.5 Å². The van der Waals surface area contributed by atoms with Gasteiger partial charge < -0.3 is 5.32 Å². The molecule has 2 rings (SSSR count). The number of aryl methyl sites for hydroxylation is 1. The van der Waals surface area contributed by atoms with Crippen molar-refractivity contribution in [2.45, 2.75) is 19.5 Å². The summed E-state index contributed by atoms with van der Waals surface area (Å²) in [6, 6.07) is 7.96. The molecular formula is C14H12F3NOS. The van der Waals surface area contributed by atoms with Crippen LogP contribution in [0.2, 0.25) is 0 Å². The summed E-state index contributed by atoms with van der Waals surface area (Å²) in [7, 11) is 0. The molecule has 0 aliphatic rings. The molecule has 0 radical (unpaired) electrons. The number of hydrogen-bond acceptors (Lipinski definition) is 2. The average molecular weight is 299 g/mol. The highest BCUT2D eigenvalue weighted by atomic mass is 32.1. The number of amides is 1. The lowest BCUT2D eigenvalue weighted by Gasteiger charge is -2.08. The Morgan fingerprint density at radius 1 is 1.15 bits per heavy atom. The smallest absolute Gasteiger partial charge is 0.321 e. The normalized spacial score (nSPS) is 11.4. The van der Waals surface area contributed by atoms with Crippen molar-refractivity contribution in [1.29, 1.82) is 0 Å². The second-order valence-electron chi connectivity index (χ2n) is 4.15. The topological polar surface area (TPSA) is 29.1 Å². The van der Waals surface area contributed by atoms with Crippen LogP contribution in [0.1, 0.15) is 27.0 Å². The highest BCUT2D eigenvalue weighted by Crippen LogP contribution is 2.30. The molecule has 6 heteroatoms. The van der Waals surface area contributed by atoms with Gasteiger partial charge in [-0.3, -0.25) is 4.79 Å². The van der Waals surface area contributed by atoms with Gasteiger partial charge in [-0.1, -0.05) is 6.92 Å². The van der Waals surface area contributed by atoms with Crippen LogP contribution >= 0.6 is 11.3 Å². The second kappa shape index (κ2) is 5.66. The highest BCUT2D eigenvalue weighted by Gasteiger charge is 2.29. The fourth-order valence-corrected chi connectivity index (χ4v) is 2.47. The minimum absolute atomic E-state index is 0.311. The molecule has 20 heavy (non-hydrogen) atoms. The molecule has 0 saturated heterocycles. The number of benzene rings is 1. The summed E-state index contributed by atoms with van der Waals surface area (Å²) >= 11 is 1.38. The van der Waals surface area contributed by atoms with Gasteiger partial charge in [0.15, 0.2) is 0 Å². The van der Waals surface area contributed by atoms with E-state index in [2.05, 4.69) is 5.32 Å². The van der Waals surface area contributed by atoms with Crippen LogP contribution in [0, 0.1) is 0 Å². The van der Waals surface area contributed by atoms with Gasteiger partial charge in [0.05, 0.1) is 10.4 Å². The number of anilines is 1. The van der Waals surface area contributed by atoms with Crippen molar-refractivity contribution < 1.29 is 18.0 Å². The number of hydrogen-bond donors (Lipinski definition) is 1. The lowest BCUT2D eigenvalue weighted by atomic mass is 10.2. The SMILES string of the molecule is CCc1ccc(C(=O)Nc2ccc(C(F)(F)F)cc2)s1. The zero-order valence-electron chi connectivity index (χ0n) is 10.6. The summed E-state index contributed by atoms with van der Waals surface area (Å²) < 4.78 is 37.2. The minimum atomic E-state index is -4.37. The molecule has 1 heterocycles. The monoisotopic (exact) mass is 299 g/mol. The minimum Gasteiger partial charge on any atom is -0.321 e. The Kier molecular flexibility index (Phi) is 4.13. The second-order valence-corrected chi connectivity index (χ2v) is 5.32. The van der Waals surface area contributed by atoms with E-state index in [0.717, 1.165) is 23.4 Å². The van der Waals surface area contributed by atoms with Crippen molar-refractivity contribution in [3.8, 4) is 0 Å². The summed E-state index contributed by atoms with van der Waals surface area (Å²) in [6.45, 7) is 1.99. The number of alkyl halides is 3. The van der Waals surface area contributed by atoms with E-state index in [0.29, 0.717) is 10.6 Å². The molecule has 2 aromatic rings. The Balaban J connectivity index is 2.08. The van der Waals surface area contributed by atoms with Gasteiger partial charge in [-0.15, -0.1) is 11.3 Å². The van der Waals surface area contributed by atoms with Gasteiger partial charge in [-0.05, 0) is 42.8 Å². The number of nitrogens with one attached hydrogen (secondary N) is 1. The fourth-order valence-electron chi connectivity index (χ4n) is 1.63. The molecule has 1 N–H and O–H groups in total. The molecule has 0 saturated carbocycles. The van der Waals surface area contributed by atoms with Gasteiger partial charge in [0, 0.05) is 10.6 Å². The lowest BCUT2D eigenvalue weighted by molar-refractivity contribution is -0.137. The molecule has 0 spiro atoms. The van der Waals surface area contributed by atoms with E-state index in [1.54, 1.807) is 6.07 Å². The number of carbonyl (C=O) groups excluding carboxylic acids is 1. The molecule has 1 aromatic carbocycles. The van der Waals surface area contributed by atoms with Gasteiger partial charge in [0.2, 0.25) is 0 Å². The average Bonchev–Trinajstić information content (AvgIpc) is 2.87. The van der Waals surface area contributed by atoms with Crippen LogP contribution in [0.4, 0.5) is 18.9 Å². The maximum Gasteiger partial charge on any atom is 0.416 e. The number of halogens is 3. The summed E-state index contributed by atoms with van der Waals surface area (Å²) in [5.74, 6) is -0.311. The molecule has 0 aliphatic carbocycles. The summed E-state index contributed by atoms with van der Waals surface area (Å²) in [5, 5.41) is 2.58. The summed E-state index contributed by atoms with van der Waals surface area (Å²) in [5.41, 5.74) is -0.394. The molecule has 1 amide bonds. The molecule has 106 valence electrons. The third kappa shape index (κ3) is 3.39. The summed E-state index contributed by atoms with van der Waals surface area (Å²) in [6.07, 6.45) is -3.52. The van der Waals surface area contributed by atoms with E-state index in [9.17, 15) is 18.0 Å². The predicted molar refractivity (Wildman–Crippen MR) is 73.1 cm³/mol. The van der Waals surface area contributed by atoms with Crippen molar-refractivity contribution in [2.24, 2.45) is 0 Å². The van der Waals surface area contributed by atoms with Crippen LogP contribution in [0.25, 0.3) is 0 Å². The first-order valence-corrected chi connectivity index (χ1v) is 6.79. The van der Waals surface area contributed by atoms with Crippen LogP contribution in [0.5, 0.6) is 0 Å². The van der Waals surface area contributed by atoms with Crippen LogP contribution in [0.15, 0.2) is 36.4 Å². The Morgan fingerprint density at radius 2 is 1.80 bits per heavy atom. The molecule has 0 aliphatic heterocycles. The van der Waals surface area contributed by atoms with Crippen molar-refractivity contribution in [1.82, 2.24) is 0 Å². The maximum atomic E-state index is 12.4. The van der Waals surface area contributed by atoms with E-state index >= 15 is 0 Å². The first-order valence-electron chi connectivity index (χ1n) is 5.97. The number of carbonyl (C=O) groups is 1. The Hall–Kier alpha value is -1.82. The third-order valence-electron chi connectivity index (χ3n) is 2.70. The summed E-state index contributed by atoms with van der Waals surface area (Å²) in [4.78, 5) is 13.5. The molecule has 0 unspecified atom stereocenters. The largest absolute Gasteiger partial charge is 0.416 e. The number of thiophene rings is 1. The fraction of sp³-hybridized carbons (Fsp3) is 0.214. The Labute approximate surface area is 118 Å². The Morgan fingerprint density at radius 3 is 2.30 bits per heavy atom. The van der Waals surface area contributed by atoms with E-state index in [4.69, 9.17) is 0 Å². The Bertz CT molecular complexity index is 602. The van der Waals surface area contributed by atoms with E-state index < -0.39 is 11.7 Å². The van der Waals surface area contributed by atoms with Crippen LogP contribution < -0.4 is 5.32 Å². The third-order valence-corrected chi connectivity index (χ3v) is 3.93.